The Bertz CT molecular complexity index is 233. The number of aromatic amines is 1. The van der Waals surface area contributed by atoms with Crippen molar-refractivity contribution in [3.8, 4) is 0 Å². The number of unbranched alkanes of at least 4 members (excludes halogenated alkanes) is 1. The fraction of sp³-hybridized carbons (Fsp3) is 0.700. The Hall–Kier alpha value is -0.830. The minimum absolute atomic E-state index is 0.830. The summed E-state index contributed by atoms with van der Waals surface area (Å²) in [6.07, 6.45) is 6.38. The smallest absolute Gasteiger partial charge is 0.251 e. The highest BCUT2D eigenvalue weighted by Crippen LogP contribution is 1.91. The van der Waals surface area contributed by atoms with E-state index in [-0.39, 0.29) is 0 Å². The number of nitrogens with zero attached hydrogens (tertiary/aromatic N) is 1. The van der Waals surface area contributed by atoms with Gasteiger partial charge in [-0.2, -0.15) is 0 Å². The predicted octanol–water partition coefficient (Wildman–Crippen LogP) is 1.43. The van der Waals surface area contributed by atoms with Crippen molar-refractivity contribution in [2.75, 3.05) is 13.2 Å². The van der Waals surface area contributed by atoms with E-state index in [0.717, 1.165) is 26.2 Å². The second kappa shape index (κ2) is 5.75. The first kappa shape index (κ1) is 10.3. The maximum atomic E-state index is 5.27. The van der Waals surface area contributed by atoms with E-state index in [0.29, 0.717) is 0 Å². The van der Waals surface area contributed by atoms with Crippen LogP contribution in [0.1, 0.15) is 25.6 Å². The highest BCUT2D eigenvalue weighted by atomic mass is 16.5. The van der Waals surface area contributed by atoms with Gasteiger partial charge in [-0.15, -0.1) is 0 Å². The normalized spacial score (nSPS) is 10.6. The molecule has 0 spiro atoms. The van der Waals surface area contributed by atoms with Crippen molar-refractivity contribution in [3.05, 3.63) is 18.2 Å². The van der Waals surface area contributed by atoms with Crippen LogP contribution in [0.5, 0.6) is 0 Å². The molecule has 0 aliphatic heterocycles. The van der Waals surface area contributed by atoms with Gasteiger partial charge in [0.15, 0.2) is 0 Å². The van der Waals surface area contributed by atoms with Crippen molar-refractivity contribution in [2.24, 2.45) is 0 Å². The van der Waals surface area contributed by atoms with Crippen molar-refractivity contribution >= 4 is 0 Å². The van der Waals surface area contributed by atoms with Crippen LogP contribution in [-0.2, 0) is 11.3 Å². The van der Waals surface area contributed by atoms with Gasteiger partial charge in [-0.3, -0.25) is 0 Å². The Balaban J connectivity index is 2.10. The lowest BCUT2D eigenvalue weighted by molar-refractivity contribution is -0.702. The van der Waals surface area contributed by atoms with E-state index in [9.17, 15) is 0 Å². The molecule has 3 nitrogen and oxygen atoms in total. The van der Waals surface area contributed by atoms with Gasteiger partial charge in [0.25, 0.3) is 5.82 Å². The summed E-state index contributed by atoms with van der Waals surface area (Å²) in [6.45, 7) is 6.92. The van der Waals surface area contributed by atoms with Gasteiger partial charge in [0.05, 0.1) is 6.54 Å². The Morgan fingerprint density at radius 3 is 2.92 bits per heavy atom. The lowest BCUT2D eigenvalue weighted by Crippen LogP contribution is -2.34. The Morgan fingerprint density at radius 2 is 2.31 bits per heavy atom. The van der Waals surface area contributed by atoms with E-state index in [1.165, 1.54) is 12.2 Å². The van der Waals surface area contributed by atoms with Crippen molar-refractivity contribution in [1.29, 1.82) is 0 Å². The number of nitrogens with one attached hydrogen (secondary N) is 1. The van der Waals surface area contributed by atoms with Crippen LogP contribution in [0.25, 0.3) is 0 Å². The zero-order valence-corrected chi connectivity index (χ0v) is 8.55. The number of rotatable bonds is 6. The quantitative estimate of drug-likeness (QED) is 0.524. The van der Waals surface area contributed by atoms with Gasteiger partial charge in [-0.25, -0.2) is 9.55 Å². The molecule has 74 valence electrons. The van der Waals surface area contributed by atoms with Gasteiger partial charge in [0, 0.05) is 20.1 Å². The molecular formula is C10H19N2O+. The SMILES string of the molecule is CCOCCCC[n+]1cc[nH]c1C. The zero-order valence-electron chi connectivity index (χ0n) is 8.55. The van der Waals surface area contributed by atoms with E-state index >= 15 is 0 Å². The number of aromatic nitrogens is 2. The molecule has 3 heteroatoms. The molecule has 0 amide bonds. The third kappa shape index (κ3) is 3.59. The third-order valence-electron chi connectivity index (χ3n) is 2.12. The van der Waals surface area contributed by atoms with Crippen molar-refractivity contribution in [1.82, 2.24) is 4.98 Å². The minimum Gasteiger partial charge on any atom is -0.382 e. The van der Waals surface area contributed by atoms with Crippen LogP contribution in [-0.4, -0.2) is 18.2 Å². The molecular weight excluding hydrogens is 164 g/mol. The molecule has 0 aromatic carbocycles. The van der Waals surface area contributed by atoms with Crippen molar-refractivity contribution in [3.63, 3.8) is 0 Å². The molecule has 13 heavy (non-hydrogen) atoms. The number of hydrogen-bond donors (Lipinski definition) is 1. The molecule has 0 unspecified atom stereocenters. The van der Waals surface area contributed by atoms with Crippen LogP contribution >= 0.6 is 0 Å². The zero-order chi connectivity index (χ0) is 9.52. The topological polar surface area (TPSA) is 28.9 Å². The first-order chi connectivity index (χ1) is 6.34. The predicted molar refractivity (Wildman–Crippen MR) is 51.5 cm³/mol. The van der Waals surface area contributed by atoms with Crippen LogP contribution in [0.4, 0.5) is 0 Å². The summed E-state index contributed by atoms with van der Waals surface area (Å²) >= 11 is 0. The molecule has 1 aromatic rings. The number of ether oxygens (including phenoxy) is 1. The van der Waals surface area contributed by atoms with E-state index in [4.69, 9.17) is 4.74 Å². The summed E-state index contributed by atoms with van der Waals surface area (Å²) in [5.74, 6) is 1.22. The molecule has 1 heterocycles. The maximum Gasteiger partial charge on any atom is 0.251 e. The van der Waals surface area contributed by atoms with Crippen LogP contribution in [0.15, 0.2) is 12.4 Å². The first-order valence-corrected chi connectivity index (χ1v) is 4.95. The Labute approximate surface area is 79.7 Å². The highest BCUT2D eigenvalue weighted by molar-refractivity contribution is 4.70. The Kier molecular flexibility index (Phi) is 4.54. The van der Waals surface area contributed by atoms with Gasteiger partial charge >= 0.3 is 0 Å². The average molecular weight is 183 g/mol. The first-order valence-electron chi connectivity index (χ1n) is 4.95. The minimum atomic E-state index is 0.830. The molecule has 1 aromatic heterocycles. The molecule has 0 saturated heterocycles. The molecule has 0 radical (unpaired) electrons. The van der Waals surface area contributed by atoms with Crippen LogP contribution in [0, 0.1) is 6.92 Å². The lowest BCUT2D eigenvalue weighted by atomic mass is 10.3. The standard InChI is InChI=1S/C10H18N2O/c1-3-13-9-5-4-7-12-8-6-11-10(12)2/h6,8H,3-5,7,9H2,1-2H3/p+1. The molecule has 0 aliphatic carbocycles. The van der Waals surface area contributed by atoms with E-state index < -0.39 is 0 Å². The monoisotopic (exact) mass is 183 g/mol. The maximum absolute atomic E-state index is 5.27. The van der Waals surface area contributed by atoms with Gasteiger partial charge in [-0.1, -0.05) is 0 Å². The van der Waals surface area contributed by atoms with Gasteiger partial charge in [0.2, 0.25) is 0 Å². The molecule has 0 fully saturated rings. The summed E-state index contributed by atoms with van der Waals surface area (Å²) in [5, 5.41) is 0. The van der Waals surface area contributed by atoms with E-state index in [1.54, 1.807) is 0 Å². The number of H-pyrrole nitrogens is 1. The second-order valence-corrected chi connectivity index (χ2v) is 3.14. The molecule has 1 rings (SSSR count). The average Bonchev–Trinajstić information content (AvgIpc) is 2.52. The third-order valence-corrected chi connectivity index (χ3v) is 2.12. The summed E-state index contributed by atoms with van der Waals surface area (Å²) in [4.78, 5) is 3.15. The largest absolute Gasteiger partial charge is 0.382 e. The van der Waals surface area contributed by atoms with E-state index in [2.05, 4.69) is 22.7 Å². The van der Waals surface area contributed by atoms with Crippen LogP contribution < -0.4 is 4.57 Å². The highest BCUT2D eigenvalue weighted by Gasteiger charge is 2.02. The number of aryl methyl sites for hydroxylation is 2. The van der Waals surface area contributed by atoms with Gasteiger partial charge in [-0.05, 0) is 19.8 Å². The summed E-state index contributed by atoms with van der Waals surface area (Å²) in [7, 11) is 0. The summed E-state index contributed by atoms with van der Waals surface area (Å²) in [5.41, 5.74) is 0. The van der Waals surface area contributed by atoms with Crippen LogP contribution in [0.2, 0.25) is 0 Å². The Morgan fingerprint density at radius 1 is 1.46 bits per heavy atom. The lowest BCUT2D eigenvalue weighted by Gasteiger charge is -2.00. The number of hydrogen-bond acceptors (Lipinski definition) is 1. The fourth-order valence-corrected chi connectivity index (χ4v) is 1.32. The number of imidazole rings is 1. The molecule has 0 atom stereocenters. The molecule has 0 aliphatic rings. The van der Waals surface area contributed by atoms with Gasteiger partial charge < -0.3 is 4.74 Å². The summed E-state index contributed by atoms with van der Waals surface area (Å²) < 4.78 is 7.49. The summed E-state index contributed by atoms with van der Waals surface area (Å²) in [6, 6.07) is 0. The second-order valence-electron chi connectivity index (χ2n) is 3.14. The fourth-order valence-electron chi connectivity index (χ4n) is 1.32. The van der Waals surface area contributed by atoms with Crippen molar-refractivity contribution in [2.45, 2.75) is 33.2 Å². The van der Waals surface area contributed by atoms with Crippen LogP contribution in [0.3, 0.4) is 0 Å². The molecule has 0 bridgehead atoms. The van der Waals surface area contributed by atoms with Crippen molar-refractivity contribution < 1.29 is 9.30 Å². The van der Waals surface area contributed by atoms with Gasteiger partial charge in [0.1, 0.15) is 12.4 Å². The van der Waals surface area contributed by atoms with E-state index in [1.807, 2.05) is 13.1 Å². The molecule has 0 saturated carbocycles. The molecule has 1 N–H and O–H groups in total.